The van der Waals surface area contributed by atoms with Gasteiger partial charge in [-0.2, -0.15) is 0 Å². The highest BCUT2D eigenvalue weighted by molar-refractivity contribution is 5.21. The molecule has 0 aromatic carbocycles. The number of methoxy groups -OCH3 is 1. The van der Waals surface area contributed by atoms with Gasteiger partial charge in [0.1, 0.15) is 18.3 Å². The molecule has 4 N–H and O–H groups in total. The Morgan fingerprint density at radius 3 is 2.40 bits per heavy atom. The number of aliphatic hydroxyl groups is 4. The predicted molar refractivity (Wildman–Crippen MR) is 130 cm³/mol. The van der Waals surface area contributed by atoms with Crippen LogP contribution in [0.1, 0.15) is 72.6 Å². The lowest BCUT2D eigenvalue weighted by Crippen LogP contribution is -2.59. The maximum absolute atomic E-state index is 11.4. The molecule has 1 heterocycles. The van der Waals surface area contributed by atoms with E-state index in [1.807, 2.05) is 0 Å². The van der Waals surface area contributed by atoms with Crippen LogP contribution in [-0.4, -0.2) is 76.1 Å². The van der Waals surface area contributed by atoms with Crippen LogP contribution in [0.3, 0.4) is 0 Å². The van der Waals surface area contributed by atoms with Crippen LogP contribution in [0.2, 0.25) is 0 Å². The molecule has 4 fully saturated rings. The van der Waals surface area contributed by atoms with Gasteiger partial charge in [0.25, 0.3) is 0 Å². The summed E-state index contributed by atoms with van der Waals surface area (Å²) in [4.78, 5) is 0. The first kappa shape index (κ1) is 26.1. The van der Waals surface area contributed by atoms with Gasteiger partial charge in [0.15, 0.2) is 6.29 Å². The first-order valence-electron chi connectivity index (χ1n) is 13.7. The Morgan fingerprint density at radius 2 is 1.71 bits per heavy atom. The lowest BCUT2D eigenvalue weighted by Gasteiger charge is -2.60. The van der Waals surface area contributed by atoms with E-state index in [0.29, 0.717) is 30.1 Å². The number of fused-ring (bicyclic) bond motifs is 5. The summed E-state index contributed by atoms with van der Waals surface area (Å²) in [5.41, 5.74) is -1.06. The minimum absolute atomic E-state index is 0.0189. The van der Waals surface area contributed by atoms with Crippen molar-refractivity contribution in [2.24, 2.45) is 34.5 Å². The van der Waals surface area contributed by atoms with Crippen molar-refractivity contribution in [3.05, 3.63) is 12.2 Å². The molecule has 0 spiro atoms. The normalized spacial score (nSPS) is 56.7. The fourth-order valence-corrected chi connectivity index (χ4v) is 9.02. The van der Waals surface area contributed by atoms with Gasteiger partial charge >= 0.3 is 0 Å². The summed E-state index contributed by atoms with van der Waals surface area (Å²) in [5, 5.41) is 42.9. The van der Waals surface area contributed by atoms with Crippen LogP contribution in [0, 0.1) is 34.5 Å². The second kappa shape index (κ2) is 9.04. The molecule has 7 nitrogen and oxygen atoms in total. The zero-order valence-electron chi connectivity index (χ0n) is 22.0. The van der Waals surface area contributed by atoms with E-state index in [0.717, 1.165) is 38.5 Å². The van der Waals surface area contributed by atoms with Crippen molar-refractivity contribution in [2.75, 3.05) is 7.11 Å². The fourth-order valence-electron chi connectivity index (χ4n) is 9.02. The third kappa shape index (κ3) is 3.79. The molecule has 0 aromatic heterocycles. The summed E-state index contributed by atoms with van der Waals surface area (Å²) in [5.74, 6) is 1.80. The highest BCUT2D eigenvalue weighted by atomic mass is 16.7. The van der Waals surface area contributed by atoms with Gasteiger partial charge in [-0.15, -0.1) is 0 Å². The van der Waals surface area contributed by atoms with E-state index in [-0.39, 0.29) is 16.9 Å². The number of hydrogen-bond donors (Lipinski definition) is 4. The van der Waals surface area contributed by atoms with Crippen LogP contribution in [-0.2, 0) is 14.2 Å². The maximum Gasteiger partial charge on any atom is 0.186 e. The predicted octanol–water partition coefficient (Wildman–Crippen LogP) is 2.78. The van der Waals surface area contributed by atoms with Crippen LogP contribution in [0.25, 0.3) is 0 Å². The average molecular weight is 495 g/mol. The van der Waals surface area contributed by atoms with Crippen molar-refractivity contribution < 1.29 is 34.6 Å². The van der Waals surface area contributed by atoms with Crippen LogP contribution >= 0.6 is 0 Å². The maximum atomic E-state index is 11.4. The Hall–Kier alpha value is -0.540. The first-order valence-corrected chi connectivity index (χ1v) is 13.7. The molecule has 0 amide bonds. The number of ether oxygens (including phenoxy) is 3. The van der Waals surface area contributed by atoms with E-state index >= 15 is 0 Å². The van der Waals surface area contributed by atoms with Crippen LogP contribution < -0.4 is 0 Å². The summed E-state index contributed by atoms with van der Waals surface area (Å²) in [6.45, 7) is 8.18. The molecule has 5 rings (SSSR count). The Balaban J connectivity index is 1.30. The molecule has 200 valence electrons. The van der Waals surface area contributed by atoms with Crippen LogP contribution in [0.4, 0.5) is 0 Å². The zero-order valence-corrected chi connectivity index (χ0v) is 22.0. The number of rotatable bonds is 4. The lowest BCUT2D eigenvalue weighted by atomic mass is 9.46. The highest BCUT2D eigenvalue weighted by Crippen LogP contribution is 2.67. The molecule has 0 radical (unpaired) electrons. The molecular weight excluding hydrogens is 448 g/mol. The molecule has 14 atom stereocenters. The molecule has 0 unspecified atom stereocenters. The Morgan fingerprint density at radius 1 is 1.00 bits per heavy atom. The third-order valence-corrected chi connectivity index (χ3v) is 11.4. The van der Waals surface area contributed by atoms with E-state index in [9.17, 15) is 20.4 Å². The van der Waals surface area contributed by atoms with E-state index in [1.165, 1.54) is 7.11 Å². The summed E-state index contributed by atoms with van der Waals surface area (Å²) in [7, 11) is 1.49. The minimum atomic E-state index is -1.03. The number of aliphatic hydroxyl groups excluding tert-OH is 3. The summed E-state index contributed by atoms with van der Waals surface area (Å²) >= 11 is 0. The molecule has 7 heteroatoms. The third-order valence-electron chi connectivity index (χ3n) is 11.4. The van der Waals surface area contributed by atoms with Gasteiger partial charge < -0.3 is 34.6 Å². The van der Waals surface area contributed by atoms with Gasteiger partial charge in [0.05, 0.1) is 23.9 Å². The standard InChI is InChI=1S/C28H46O7/c1-15-22(30)24(33-5)23(31)25(34-15)35-18-8-11-26(3)17(14-18)6-7-19-20(26)9-12-27(4)21(19)10-13-28(27,32)16(2)29/h6-7,15-25,29-32H,8-14H2,1-5H3/t15-,16+,17+,18+,19-,20+,21+,22+,23-,24+,25+,26+,27+,28+/m1/s1. The second-order valence-corrected chi connectivity index (χ2v) is 12.8. The molecular formula is C28H46O7. The Labute approximate surface area is 209 Å². The van der Waals surface area contributed by atoms with Crippen LogP contribution in [0.5, 0.6) is 0 Å². The quantitative estimate of drug-likeness (QED) is 0.445. The summed E-state index contributed by atoms with van der Waals surface area (Å²) in [6, 6.07) is 0. The van der Waals surface area contributed by atoms with E-state index in [2.05, 4.69) is 26.0 Å². The molecule has 4 aliphatic carbocycles. The summed E-state index contributed by atoms with van der Waals surface area (Å²) in [6.07, 6.45) is 6.68. The van der Waals surface area contributed by atoms with E-state index in [1.54, 1.807) is 13.8 Å². The molecule has 0 aromatic rings. The van der Waals surface area contributed by atoms with Crippen molar-refractivity contribution >= 4 is 0 Å². The van der Waals surface area contributed by atoms with Gasteiger partial charge in [0.2, 0.25) is 0 Å². The van der Waals surface area contributed by atoms with E-state index < -0.39 is 42.4 Å². The molecule has 1 saturated heterocycles. The molecule has 0 bridgehead atoms. The van der Waals surface area contributed by atoms with Gasteiger partial charge in [-0.05, 0) is 87.9 Å². The Bertz CT molecular complexity index is 817. The van der Waals surface area contributed by atoms with Crippen molar-refractivity contribution in [2.45, 2.75) is 121 Å². The van der Waals surface area contributed by atoms with Crippen molar-refractivity contribution in [1.29, 1.82) is 0 Å². The largest absolute Gasteiger partial charge is 0.390 e. The van der Waals surface area contributed by atoms with Crippen molar-refractivity contribution in [3.8, 4) is 0 Å². The zero-order chi connectivity index (χ0) is 25.3. The highest BCUT2D eigenvalue weighted by Gasteiger charge is 2.65. The smallest absolute Gasteiger partial charge is 0.186 e. The second-order valence-electron chi connectivity index (χ2n) is 12.8. The molecule has 1 aliphatic heterocycles. The van der Waals surface area contributed by atoms with E-state index in [4.69, 9.17) is 14.2 Å². The van der Waals surface area contributed by atoms with Gasteiger partial charge in [-0.25, -0.2) is 0 Å². The van der Waals surface area contributed by atoms with Crippen molar-refractivity contribution in [3.63, 3.8) is 0 Å². The lowest BCUT2D eigenvalue weighted by molar-refractivity contribution is -0.311. The monoisotopic (exact) mass is 494 g/mol. The van der Waals surface area contributed by atoms with Gasteiger partial charge in [0, 0.05) is 12.5 Å². The minimum Gasteiger partial charge on any atom is -0.390 e. The van der Waals surface area contributed by atoms with Crippen molar-refractivity contribution in [1.82, 2.24) is 0 Å². The van der Waals surface area contributed by atoms with Gasteiger partial charge in [-0.1, -0.05) is 26.0 Å². The van der Waals surface area contributed by atoms with Gasteiger partial charge in [-0.3, -0.25) is 0 Å². The fraction of sp³-hybridized carbons (Fsp3) is 0.929. The average Bonchev–Trinajstić information content (AvgIpc) is 3.10. The number of allylic oxidation sites excluding steroid dienone is 2. The SMILES string of the molecule is CO[C@H]1[C@@H](O)[C@@H](C)O[C@@H](O[C@H]2CC[C@@]3(C)[C@@H](C=C[C@@H]4[C@@H]3CC[C@@]3(C)[C@H]4CC[C@]3(O)[C@H](C)O)C2)[C@@H]1O. The molecule has 3 saturated carbocycles. The topological polar surface area (TPSA) is 109 Å². The van der Waals surface area contributed by atoms with Crippen LogP contribution in [0.15, 0.2) is 12.2 Å². The number of hydrogen-bond acceptors (Lipinski definition) is 7. The first-order chi connectivity index (χ1) is 16.5. The molecule has 35 heavy (non-hydrogen) atoms. The summed E-state index contributed by atoms with van der Waals surface area (Å²) < 4.78 is 17.5. The Kier molecular flexibility index (Phi) is 6.73. The molecule has 5 aliphatic rings.